The minimum atomic E-state index is -4.38. The molecule has 1 aliphatic heterocycles. The summed E-state index contributed by atoms with van der Waals surface area (Å²) in [6, 6.07) is 3.77. The predicted octanol–water partition coefficient (Wildman–Crippen LogP) is 3.34. The number of piperazine rings is 1. The second kappa shape index (κ2) is 9.84. The Balaban J connectivity index is 1.74. The van der Waals surface area contributed by atoms with E-state index in [4.69, 9.17) is 14.7 Å². The monoisotopic (exact) mass is 476 g/mol. The zero-order chi connectivity index (χ0) is 24.3. The van der Waals surface area contributed by atoms with Crippen LogP contribution in [0.2, 0.25) is 0 Å². The molecule has 182 valence electrons. The molecule has 1 fully saturated rings. The zero-order valence-corrected chi connectivity index (χ0v) is 19.1. The summed E-state index contributed by atoms with van der Waals surface area (Å²) in [5.74, 6) is 1.59. The van der Waals surface area contributed by atoms with Crippen LogP contribution in [0.1, 0.15) is 18.2 Å². The molecule has 0 unspecified atom stereocenters. The van der Waals surface area contributed by atoms with Gasteiger partial charge in [0.15, 0.2) is 5.82 Å². The molecule has 3 aromatic rings. The van der Waals surface area contributed by atoms with Crippen LogP contribution in [-0.4, -0.2) is 63.8 Å². The molecule has 0 bridgehead atoms. The molecule has 0 amide bonds. The van der Waals surface area contributed by atoms with Crippen LogP contribution >= 0.6 is 0 Å². The Kier molecular flexibility index (Phi) is 6.87. The summed E-state index contributed by atoms with van der Waals surface area (Å²) in [6.45, 7) is 8.56. The van der Waals surface area contributed by atoms with Crippen molar-refractivity contribution in [2.24, 2.45) is 0 Å². The van der Waals surface area contributed by atoms with Crippen LogP contribution in [0.15, 0.2) is 30.6 Å². The van der Waals surface area contributed by atoms with Gasteiger partial charge in [0.2, 0.25) is 5.95 Å². The van der Waals surface area contributed by atoms with E-state index in [0.29, 0.717) is 48.1 Å². The Morgan fingerprint density at radius 3 is 2.82 bits per heavy atom. The molecule has 0 radical (unpaired) electrons. The molecule has 34 heavy (non-hydrogen) atoms. The van der Waals surface area contributed by atoms with Gasteiger partial charge >= 0.3 is 6.18 Å². The summed E-state index contributed by atoms with van der Waals surface area (Å²) in [4.78, 5) is 16.0. The van der Waals surface area contributed by atoms with Gasteiger partial charge in [-0.3, -0.25) is 4.68 Å². The van der Waals surface area contributed by atoms with Gasteiger partial charge in [0.05, 0.1) is 25.4 Å². The summed E-state index contributed by atoms with van der Waals surface area (Å²) in [6.07, 6.45) is -2.09. The molecule has 0 atom stereocenters. The maximum Gasteiger partial charge on any atom is 0.411 e. The SMILES string of the molecule is C=C1CN(c2nc(Nc3cc(C)ccn3)c3c(n2)c(CC)nn3CCOCC(F)(F)F)CCN1. The molecule has 2 N–H and O–H groups in total. The maximum atomic E-state index is 12.5. The molecule has 1 saturated heterocycles. The Bertz CT molecular complexity index is 1180. The summed E-state index contributed by atoms with van der Waals surface area (Å²) < 4.78 is 43.9. The molecule has 3 aromatic heterocycles. The third-order valence-electron chi connectivity index (χ3n) is 5.28. The minimum Gasteiger partial charge on any atom is -0.386 e. The van der Waals surface area contributed by atoms with Crippen molar-refractivity contribution in [2.75, 3.05) is 43.1 Å². The van der Waals surface area contributed by atoms with Crippen LogP contribution < -0.4 is 15.5 Å². The van der Waals surface area contributed by atoms with Crippen molar-refractivity contribution in [3.05, 3.63) is 41.9 Å². The molecule has 9 nitrogen and oxygen atoms in total. The number of anilines is 3. The summed E-state index contributed by atoms with van der Waals surface area (Å²) in [7, 11) is 0. The van der Waals surface area contributed by atoms with Gasteiger partial charge in [-0.2, -0.15) is 23.3 Å². The summed E-state index contributed by atoms with van der Waals surface area (Å²) in [5, 5.41) is 11.1. The van der Waals surface area contributed by atoms with Crippen LogP contribution in [0.5, 0.6) is 0 Å². The Labute approximate surface area is 195 Å². The van der Waals surface area contributed by atoms with Crippen LogP contribution in [0, 0.1) is 6.92 Å². The van der Waals surface area contributed by atoms with E-state index in [-0.39, 0.29) is 13.2 Å². The van der Waals surface area contributed by atoms with Crippen molar-refractivity contribution in [3.8, 4) is 0 Å². The average Bonchev–Trinajstić information content (AvgIpc) is 3.14. The molecular formula is C22H27F3N8O. The quantitative estimate of drug-likeness (QED) is 0.479. The molecular weight excluding hydrogens is 449 g/mol. The van der Waals surface area contributed by atoms with Crippen LogP contribution in [-0.2, 0) is 17.7 Å². The highest BCUT2D eigenvalue weighted by Crippen LogP contribution is 2.29. The molecule has 0 aliphatic carbocycles. The topological polar surface area (TPSA) is 93.0 Å². The Morgan fingerprint density at radius 2 is 2.12 bits per heavy atom. The minimum absolute atomic E-state index is 0.121. The van der Waals surface area contributed by atoms with Crippen molar-refractivity contribution in [2.45, 2.75) is 33.0 Å². The van der Waals surface area contributed by atoms with E-state index in [2.05, 4.69) is 27.3 Å². The van der Waals surface area contributed by atoms with Crippen LogP contribution in [0.4, 0.5) is 30.8 Å². The molecule has 12 heteroatoms. The first-order valence-corrected chi connectivity index (χ1v) is 11.0. The highest BCUT2D eigenvalue weighted by Gasteiger charge is 2.27. The van der Waals surface area contributed by atoms with E-state index in [1.165, 1.54) is 0 Å². The lowest BCUT2D eigenvalue weighted by Gasteiger charge is -2.29. The number of fused-ring (bicyclic) bond motifs is 1. The Hall–Kier alpha value is -3.41. The molecule has 1 aliphatic rings. The lowest BCUT2D eigenvalue weighted by molar-refractivity contribution is -0.174. The number of nitrogens with one attached hydrogen (secondary N) is 2. The summed E-state index contributed by atoms with van der Waals surface area (Å²) >= 11 is 0. The average molecular weight is 477 g/mol. The molecule has 0 aromatic carbocycles. The number of aryl methyl sites for hydroxylation is 2. The maximum absolute atomic E-state index is 12.5. The number of halogens is 3. The first-order valence-electron chi connectivity index (χ1n) is 11.0. The number of alkyl halides is 3. The van der Waals surface area contributed by atoms with Crippen molar-refractivity contribution in [1.29, 1.82) is 0 Å². The van der Waals surface area contributed by atoms with E-state index in [1.54, 1.807) is 10.9 Å². The van der Waals surface area contributed by atoms with E-state index in [9.17, 15) is 13.2 Å². The number of aromatic nitrogens is 5. The Morgan fingerprint density at radius 1 is 1.29 bits per heavy atom. The smallest absolute Gasteiger partial charge is 0.386 e. The molecule has 4 rings (SSSR count). The van der Waals surface area contributed by atoms with Gasteiger partial charge in [-0.05, 0) is 31.0 Å². The third-order valence-corrected chi connectivity index (χ3v) is 5.28. The standard InChI is InChI=1S/C22H27F3N8O/c1-4-16-18-19(33(31-16)9-10-34-13-22(23,24)25)20(28-17-11-14(2)5-6-27-17)30-21(29-18)32-8-7-26-15(3)12-32/h5-6,11,26H,3-4,7-10,12-13H2,1-2H3,(H,27,28,29,30). The zero-order valence-electron chi connectivity index (χ0n) is 19.1. The number of hydrogen-bond acceptors (Lipinski definition) is 8. The van der Waals surface area contributed by atoms with E-state index in [0.717, 1.165) is 23.5 Å². The lowest BCUT2D eigenvalue weighted by Crippen LogP contribution is -2.42. The number of pyridine rings is 1. The van der Waals surface area contributed by atoms with Crippen LogP contribution in [0.3, 0.4) is 0 Å². The highest BCUT2D eigenvalue weighted by atomic mass is 19.4. The van der Waals surface area contributed by atoms with Crippen LogP contribution in [0.25, 0.3) is 11.0 Å². The molecule has 4 heterocycles. The second-order valence-corrected chi connectivity index (χ2v) is 8.06. The number of hydrogen-bond donors (Lipinski definition) is 2. The van der Waals surface area contributed by atoms with Crippen molar-refractivity contribution < 1.29 is 17.9 Å². The van der Waals surface area contributed by atoms with E-state index < -0.39 is 12.8 Å². The number of ether oxygens (including phenoxy) is 1. The van der Waals surface area contributed by atoms with Gasteiger partial charge in [0.25, 0.3) is 0 Å². The highest BCUT2D eigenvalue weighted by molar-refractivity contribution is 5.90. The molecule has 0 spiro atoms. The predicted molar refractivity (Wildman–Crippen MR) is 123 cm³/mol. The van der Waals surface area contributed by atoms with Gasteiger partial charge in [-0.15, -0.1) is 0 Å². The number of nitrogens with zero attached hydrogens (tertiary/aromatic N) is 6. The fraction of sp³-hybridized carbons (Fsp3) is 0.455. The van der Waals surface area contributed by atoms with E-state index in [1.807, 2.05) is 30.9 Å². The van der Waals surface area contributed by atoms with Gasteiger partial charge < -0.3 is 20.3 Å². The van der Waals surface area contributed by atoms with E-state index >= 15 is 0 Å². The van der Waals surface area contributed by atoms with Gasteiger partial charge in [0.1, 0.15) is 23.5 Å². The largest absolute Gasteiger partial charge is 0.411 e. The van der Waals surface area contributed by atoms with Crippen molar-refractivity contribution >= 4 is 28.6 Å². The fourth-order valence-corrected chi connectivity index (χ4v) is 3.73. The fourth-order valence-electron chi connectivity index (χ4n) is 3.73. The lowest BCUT2D eigenvalue weighted by atomic mass is 10.2. The van der Waals surface area contributed by atoms with Gasteiger partial charge in [-0.1, -0.05) is 13.5 Å². The third kappa shape index (κ3) is 5.56. The first-order chi connectivity index (χ1) is 16.2. The second-order valence-electron chi connectivity index (χ2n) is 8.06. The normalized spacial score (nSPS) is 14.5. The van der Waals surface area contributed by atoms with Crippen molar-refractivity contribution in [3.63, 3.8) is 0 Å². The van der Waals surface area contributed by atoms with Gasteiger partial charge in [-0.25, -0.2) is 9.97 Å². The first kappa shape index (κ1) is 23.7. The van der Waals surface area contributed by atoms with Crippen molar-refractivity contribution in [1.82, 2.24) is 30.0 Å². The summed E-state index contributed by atoms with van der Waals surface area (Å²) in [5.41, 5.74) is 3.85. The van der Waals surface area contributed by atoms with Gasteiger partial charge in [0, 0.05) is 25.0 Å². The molecule has 0 saturated carbocycles. The number of rotatable bonds is 8.